The molecule has 0 saturated carbocycles. The van der Waals surface area contributed by atoms with Crippen LogP contribution in [-0.2, 0) is 55.2 Å². The number of ether oxygens (including phenoxy) is 3. The maximum atomic E-state index is 15.7. The molecule has 0 bridgehead atoms. The number of Topliss-reactive ketones (excluding diaryl/α,β-unsaturated/α-hetero) is 1. The van der Waals surface area contributed by atoms with Crippen LogP contribution in [0.15, 0.2) is 100 Å². The highest BCUT2D eigenvalue weighted by molar-refractivity contribution is 7.39. The minimum absolute atomic E-state index is 0.0274. The maximum absolute atomic E-state index is 15.7. The Labute approximate surface area is 500 Å². The second-order valence-electron chi connectivity index (χ2n) is 20.6. The first-order chi connectivity index (χ1) is 42.0. The van der Waals surface area contributed by atoms with Gasteiger partial charge in [-0.1, -0.05) is 74.0 Å². The molecular formula is C57H66N10O18P2+2. The first-order valence-electron chi connectivity index (χ1n) is 28.1. The van der Waals surface area contributed by atoms with Crippen molar-refractivity contribution < 1.29 is 74.0 Å². The Hall–Kier alpha value is -8.39. The minimum atomic E-state index is -2.96. The van der Waals surface area contributed by atoms with Crippen LogP contribution >= 0.6 is 16.1 Å². The molecule has 2 N–H and O–H groups in total. The third-order valence-corrected chi connectivity index (χ3v) is 17.0. The van der Waals surface area contributed by atoms with Gasteiger partial charge >= 0.3 is 33.8 Å². The van der Waals surface area contributed by atoms with Crippen molar-refractivity contribution in [1.82, 2.24) is 40.4 Å². The molecule has 87 heavy (non-hydrogen) atoms. The highest BCUT2D eigenvalue weighted by Gasteiger charge is 2.47. The summed E-state index contributed by atoms with van der Waals surface area (Å²) in [5, 5.41) is 5.38. The van der Waals surface area contributed by atoms with E-state index >= 15 is 9.59 Å². The smallest absolute Gasteiger partial charge is 0.449 e. The predicted molar refractivity (Wildman–Crippen MR) is 310 cm³/mol. The van der Waals surface area contributed by atoms with Crippen molar-refractivity contribution in [2.75, 3.05) is 88.8 Å². The number of piperazine rings is 1. The normalized spacial score (nSPS) is 17.9. The summed E-state index contributed by atoms with van der Waals surface area (Å²) in [7, 11) is -2.71. The van der Waals surface area contributed by atoms with Gasteiger partial charge in [-0.3, -0.25) is 19.2 Å². The van der Waals surface area contributed by atoms with Crippen LogP contribution in [0.3, 0.4) is 0 Å². The van der Waals surface area contributed by atoms with Crippen molar-refractivity contribution in [2.45, 2.75) is 90.0 Å². The average Bonchev–Trinajstić information content (AvgIpc) is 1.87. The van der Waals surface area contributed by atoms with Crippen molar-refractivity contribution in [2.24, 2.45) is 0 Å². The molecule has 3 aliphatic heterocycles. The lowest BCUT2D eigenvalue weighted by Crippen LogP contribution is -2.65. The number of ketones is 1. The highest BCUT2D eigenvalue weighted by atomic mass is 31.1. The molecule has 3 saturated heterocycles. The number of methoxy groups -OCH3 is 2. The number of benzene rings is 2. The first kappa shape index (κ1) is 63.1. The highest BCUT2D eigenvalue weighted by Crippen LogP contribution is 2.32. The summed E-state index contributed by atoms with van der Waals surface area (Å²) in [5.74, 6) is -4.93. The molecule has 3 fully saturated rings. The topological polar surface area (TPSA) is 341 Å². The fourth-order valence-electron chi connectivity index (χ4n) is 9.93. The number of unbranched alkanes of at least 4 members (excludes halogenated alkanes) is 1. The van der Waals surface area contributed by atoms with Crippen LogP contribution in [0.2, 0.25) is 0 Å². The number of carbonyl (C=O) groups is 5. The molecule has 0 spiro atoms. The van der Waals surface area contributed by atoms with Crippen molar-refractivity contribution in [3.63, 3.8) is 0 Å². The van der Waals surface area contributed by atoms with Crippen LogP contribution in [0.5, 0.6) is 0 Å². The van der Waals surface area contributed by atoms with Gasteiger partial charge < -0.3 is 62.1 Å². The Bertz CT molecular complexity index is 3580. The summed E-state index contributed by atoms with van der Waals surface area (Å²) in [5.41, 5.74) is 0.725. The number of rotatable bonds is 26. The van der Waals surface area contributed by atoms with Crippen molar-refractivity contribution in [3.05, 3.63) is 128 Å². The zero-order chi connectivity index (χ0) is 61.7. The predicted octanol–water partition coefficient (Wildman–Crippen LogP) is 5.59. The number of nitrogens with one attached hydrogen (secondary N) is 2. The van der Waals surface area contributed by atoms with E-state index in [4.69, 9.17) is 50.9 Å². The van der Waals surface area contributed by atoms with E-state index in [9.17, 15) is 33.1 Å². The molecule has 3 aliphatic rings. The lowest BCUT2D eigenvalue weighted by molar-refractivity contribution is -0.144. The summed E-state index contributed by atoms with van der Waals surface area (Å²) >= 11 is 0. The van der Waals surface area contributed by atoms with Crippen molar-refractivity contribution in [1.29, 1.82) is 0 Å². The molecule has 9 rings (SSSR count). The first-order valence-corrected chi connectivity index (χ1v) is 30.9. The molecule has 0 radical (unpaired) electrons. The minimum Gasteiger partial charge on any atom is -0.449 e. The SMILES string of the molecule is CCCCOC(=O)N1CCN(C(=O)C(C[P+](=O)OCc2oc(=O)oc2C)NC(=O)c2cc(N3CC[C@H](OC)C3)nc(-c3ccccc3)n2)[C@@H](C(=O)C(C[P+](=O)OCc2oc(=O)oc2C)NC(=O)c2cc(N3CC[C@H](OC)C3)nc(-c3ccccc3)n2)C1. The molecule has 2 aromatic carbocycles. The fraction of sp³-hybridized carbons (Fsp3) is 0.456. The summed E-state index contributed by atoms with van der Waals surface area (Å²) in [6, 6.07) is 15.3. The summed E-state index contributed by atoms with van der Waals surface area (Å²) < 4.78 is 76.3. The summed E-state index contributed by atoms with van der Waals surface area (Å²) in [6.45, 7) is 4.43. The van der Waals surface area contributed by atoms with Crippen LogP contribution in [-0.4, -0.2) is 169 Å². The van der Waals surface area contributed by atoms with Crippen LogP contribution in [0, 0.1) is 13.8 Å². The molecule has 4 unspecified atom stereocenters. The Morgan fingerprint density at radius 3 is 1.57 bits per heavy atom. The second kappa shape index (κ2) is 29.3. The molecule has 4 aromatic heterocycles. The van der Waals surface area contributed by atoms with Gasteiger partial charge in [0.25, 0.3) is 11.8 Å². The Morgan fingerprint density at radius 2 is 1.13 bits per heavy atom. The van der Waals surface area contributed by atoms with Gasteiger partial charge in [0.1, 0.15) is 46.6 Å². The Balaban J connectivity index is 1.08. The molecule has 7 atom stereocenters. The van der Waals surface area contributed by atoms with Gasteiger partial charge in [0.15, 0.2) is 48.2 Å². The molecular weight excluding hydrogens is 1170 g/mol. The third kappa shape index (κ3) is 16.2. The fourth-order valence-corrected chi connectivity index (χ4v) is 11.8. The third-order valence-electron chi connectivity index (χ3n) is 14.8. The maximum Gasteiger partial charge on any atom is 0.519 e. The van der Waals surface area contributed by atoms with Crippen LogP contribution in [0.1, 0.15) is 76.6 Å². The Morgan fingerprint density at radius 1 is 0.644 bits per heavy atom. The molecule has 0 aliphatic carbocycles. The number of anilines is 2. The molecule has 6 aromatic rings. The van der Waals surface area contributed by atoms with Gasteiger partial charge in [-0.05, 0) is 42.2 Å². The number of aromatic nitrogens is 4. The lowest BCUT2D eigenvalue weighted by atomic mass is 10.0. The van der Waals surface area contributed by atoms with E-state index in [-0.39, 0.29) is 71.4 Å². The largest absolute Gasteiger partial charge is 0.519 e. The number of hydrogen-bond acceptors (Lipinski definition) is 24. The van der Waals surface area contributed by atoms with Crippen LogP contribution in [0.25, 0.3) is 22.8 Å². The number of nitrogens with zero attached hydrogens (tertiary/aromatic N) is 8. The zero-order valence-corrected chi connectivity index (χ0v) is 50.2. The van der Waals surface area contributed by atoms with E-state index in [2.05, 4.69) is 20.6 Å². The molecule has 30 heteroatoms. The van der Waals surface area contributed by atoms with Crippen LogP contribution in [0.4, 0.5) is 16.4 Å². The zero-order valence-electron chi connectivity index (χ0n) is 48.4. The molecule has 460 valence electrons. The van der Waals surface area contributed by atoms with Gasteiger partial charge in [-0.15, -0.1) is 9.05 Å². The average molecular weight is 1240 g/mol. The van der Waals surface area contributed by atoms with Gasteiger partial charge in [-0.2, -0.15) is 0 Å². The van der Waals surface area contributed by atoms with E-state index in [1.807, 2.05) is 16.7 Å². The van der Waals surface area contributed by atoms with E-state index in [0.717, 1.165) is 4.90 Å². The van der Waals surface area contributed by atoms with E-state index in [1.54, 1.807) is 74.9 Å². The van der Waals surface area contributed by atoms with E-state index in [1.165, 1.54) is 30.9 Å². The number of aryl methyl sites for hydroxylation is 2. The van der Waals surface area contributed by atoms with E-state index in [0.29, 0.717) is 74.6 Å². The van der Waals surface area contributed by atoms with Gasteiger partial charge in [-0.25, -0.2) is 34.3 Å². The monoisotopic (exact) mass is 1240 g/mol. The van der Waals surface area contributed by atoms with Crippen LogP contribution < -0.4 is 32.1 Å². The molecule has 7 heterocycles. The number of carbonyl (C=O) groups excluding carboxylic acids is 5. The van der Waals surface area contributed by atoms with Gasteiger partial charge in [0, 0.05) is 76.7 Å². The number of amides is 4. The lowest BCUT2D eigenvalue weighted by Gasteiger charge is -2.41. The Kier molecular flexibility index (Phi) is 21.3. The summed E-state index contributed by atoms with van der Waals surface area (Å²) in [6.07, 6.45) is -0.0512. The quantitative estimate of drug-likeness (QED) is 0.0493. The second-order valence-corrected chi connectivity index (χ2v) is 23.2. The van der Waals surface area contributed by atoms with E-state index < -0.39 is 114 Å². The van der Waals surface area contributed by atoms with Gasteiger partial charge in [0.2, 0.25) is 18.2 Å². The summed E-state index contributed by atoms with van der Waals surface area (Å²) in [4.78, 5) is 124. The molecule has 28 nitrogen and oxygen atoms in total. The standard InChI is InChI=1S/C57H64N10O18P2/c1-6-7-24-79-55(72)66-22-23-67(54(71)43(33-87(76)81-31-46-35(3)83-57(74)85-46)61-53(70)41-26-48(65-21-19-39(28-65)78-5)63-51(59-41)37-16-12-9-13-17-37)44(29-66)49(68)42(32-86(75)80-30-45-34(2)82-56(73)84-45)60-52(69)40-25-47(64-20-18-38(27-64)77-4)62-50(58-40)36-14-10-8-11-15-36/h8-17,25-26,38-39,42-44H,6-7,18-24,27-33H2,1-5H3/p+2/t38-,39-,42?,43?,44+/m0/s1. The molecule has 4 amide bonds. The van der Waals surface area contributed by atoms with Gasteiger partial charge in [0.05, 0.1) is 25.4 Å². The van der Waals surface area contributed by atoms with Crippen molar-refractivity contribution in [3.8, 4) is 22.8 Å². The van der Waals surface area contributed by atoms with Crippen molar-refractivity contribution >= 4 is 57.3 Å². The number of hydrogen-bond donors (Lipinski definition) is 2.